The molecule has 0 bridgehead atoms. The van der Waals surface area contributed by atoms with Crippen LogP contribution in [0.2, 0.25) is 0 Å². The lowest BCUT2D eigenvalue weighted by atomic mass is 9.80. The second-order valence-corrected chi connectivity index (χ2v) is 14.9. The predicted molar refractivity (Wildman–Crippen MR) is 216 cm³/mol. The first kappa shape index (κ1) is 32.0. The van der Waals surface area contributed by atoms with E-state index in [1.54, 1.807) is 0 Å². The maximum absolute atomic E-state index is 11.8. The van der Waals surface area contributed by atoms with Crippen LogP contribution in [0.3, 0.4) is 0 Å². The van der Waals surface area contributed by atoms with Gasteiger partial charge in [0.15, 0.2) is 0 Å². The van der Waals surface area contributed by atoms with Gasteiger partial charge in [0, 0.05) is 32.9 Å². The largest absolute Gasteiger partial charge is 0.386 e. The maximum Gasteiger partial charge on any atom is 0.0846 e. The van der Waals surface area contributed by atoms with Crippen molar-refractivity contribution in [2.45, 2.75) is 38.9 Å². The van der Waals surface area contributed by atoms with E-state index in [2.05, 4.69) is 155 Å². The molecule has 9 rings (SSSR count). The molecule has 7 aromatic carbocycles. The van der Waals surface area contributed by atoms with Gasteiger partial charge in [-0.25, -0.2) is 0 Å². The number of fused-ring (bicyclic) bond motifs is 6. The molecule has 9 aromatic rings. The van der Waals surface area contributed by atoms with Crippen molar-refractivity contribution in [3.8, 4) is 33.6 Å². The van der Waals surface area contributed by atoms with Gasteiger partial charge in [-0.1, -0.05) is 84.9 Å². The van der Waals surface area contributed by atoms with E-state index >= 15 is 0 Å². The minimum absolute atomic E-state index is 0.799. The lowest BCUT2D eigenvalue weighted by molar-refractivity contribution is 0.0753. The first-order chi connectivity index (χ1) is 25.1. The second kappa shape index (κ2) is 11.8. The minimum atomic E-state index is -1.16. The number of nitrogens with zero attached hydrogens (tertiary/aromatic N) is 2. The molecule has 0 aliphatic carbocycles. The van der Waals surface area contributed by atoms with Crippen molar-refractivity contribution >= 4 is 43.6 Å². The Morgan fingerprint density at radius 1 is 0.365 bits per heavy atom. The molecule has 2 N–H and O–H groups in total. The van der Waals surface area contributed by atoms with Gasteiger partial charge in [0.2, 0.25) is 0 Å². The van der Waals surface area contributed by atoms with Crippen molar-refractivity contribution in [1.29, 1.82) is 0 Å². The third kappa shape index (κ3) is 5.14. The molecule has 0 aliphatic heterocycles. The number of hydrogen-bond donors (Lipinski definition) is 2. The topological polar surface area (TPSA) is 50.3 Å². The molecule has 4 heteroatoms. The highest BCUT2D eigenvalue weighted by atomic mass is 16.3. The van der Waals surface area contributed by atoms with Gasteiger partial charge in [0.05, 0.1) is 33.3 Å². The van der Waals surface area contributed by atoms with Crippen LogP contribution in [-0.2, 0) is 11.2 Å². The van der Waals surface area contributed by atoms with Crippen LogP contribution in [0.1, 0.15) is 38.8 Å². The number of rotatable bonds is 6. The molecule has 0 aliphatic rings. The van der Waals surface area contributed by atoms with Gasteiger partial charge in [0.1, 0.15) is 0 Å². The average molecular weight is 677 g/mol. The number of aromatic nitrogens is 2. The molecule has 52 heavy (non-hydrogen) atoms. The molecule has 0 radical (unpaired) electrons. The zero-order valence-corrected chi connectivity index (χ0v) is 29.8. The summed E-state index contributed by atoms with van der Waals surface area (Å²) in [6.45, 7) is 7.37. The van der Waals surface area contributed by atoms with E-state index in [1.807, 2.05) is 39.8 Å². The molecule has 254 valence electrons. The van der Waals surface area contributed by atoms with E-state index in [-0.39, 0.29) is 0 Å². The van der Waals surface area contributed by atoms with E-state index in [0.717, 1.165) is 88.4 Å². The number of hydrogen-bond acceptors (Lipinski definition) is 2. The highest BCUT2D eigenvalue weighted by Gasteiger charge is 2.29. The summed E-state index contributed by atoms with van der Waals surface area (Å²) in [5.41, 5.74) is 9.76. The molecule has 2 aromatic heterocycles. The zero-order chi connectivity index (χ0) is 35.8. The van der Waals surface area contributed by atoms with Crippen LogP contribution in [0.5, 0.6) is 0 Å². The summed E-state index contributed by atoms with van der Waals surface area (Å²) in [5.74, 6) is 0. The fraction of sp³-hybridized carbons (Fsp3) is 0.125. The quantitative estimate of drug-likeness (QED) is 0.184. The van der Waals surface area contributed by atoms with Crippen LogP contribution in [0, 0.1) is 0 Å². The lowest BCUT2D eigenvalue weighted by Gasteiger charge is -2.29. The summed E-state index contributed by atoms with van der Waals surface area (Å²) in [6, 6.07) is 55.2. The van der Waals surface area contributed by atoms with E-state index < -0.39 is 11.2 Å². The van der Waals surface area contributed by atoms with Gasteiger partial charge >= 0.3 is 0 Å². The normalized spacial score (nSPS) is 12.4. The standard InChI is InChI=1S/C48H40N2O2/c1-47(2,51)41-29-38(32-24-26-46-40(28-32)36-20-12-14-22-44(36)50(46)34-17-9-6-10-18-34)42(48(3,4)52)30-37(41)31-23-25-45-39(27-31)35-19-11-13-21-43(35)49(45)33-15-7-5-8-16-33/h5-30,51-52H,1-4H3. The van der Waals surface area contributed by atoms with Crippen LogP contribution < -0.4 is 0 Å². The Kier molecular flexibility index (Phi) is 7.27. The SMILES string of the molecule is CC(C)(O)c1cc(-c2ccc3c(c2)c2ccccc2n3-c2ccccc2)c(C(C)(C)O)cc1-c1ccc2c(c1)c1ccccc1n2-c1ccccc1. The first-order valence-corrected chi connectivity index (χ1v) is 17.9. The Hall–Kier alpha value is -5.94. The van der Waals surface area contributed by atoms with Crippen molar-refractivity contribution in [3.05, 3.63) is 169 Å². The smallest absolute Gasteiger partial charge is 0.0846 e. The van der Waals surface area contributed by atoms with Gasteiger partial charge in [-0.3, -0.25) is 0 Å². The molecular weight excluding hydrogens is 637 g/mol. The third-order valence-corrected chi connectivity index (χ3v) is 10.5. The molecule has 0 saturated heterocycles. The van der Waals surface area contributed by atoms with Gasteiger partial charge < -0.3 is 19.3 Å². The fourth-order valence-electron chi connectivity index (χ4n) is 8.08. The third-order valence-electron chi connectivity index (χ3n) is 10.5. The fourth-order valence-corrected chi connectivity index (χ4v) is 8.08. The molecule has 0 unspecified atom stereocenters. The summed E-state index contributed by atoms with van der Waals surface area (Å²) < 4.78 is 4.61. The van der Waals surface area contributed by atoms with Crippen LogP contribution in [0.25, 0.3) is 77.2 Å². The number of aliphatic hydroxyl groups is 2. The summed E-state index contributed by atoms with van der Waals surface area (Å²) in [5, 5.41) is 28.2. The van der Waals surface area contributed by atoms with Crippen molar-refractivity contribution < 1.29 is 10.2 Å². The van der Waals surface area contributed by atoms with Crippen molar-refractivity contribution in [1.82, 2.24) is 9.13 Å². The van der Waals surface area contributed by atoms with Crippen molar-refractivity contribution in [2.75, 3.05) is 0 Å². The van der Waals surface area contributed by atoms with E-state index in [9.17, 15) is 10.2 Å². The summed E-state index contributed by atoms with van der Waals surface area (Å²) in [6.07, 6.45) is 0. The van der Waals surface area contributed by atoms with Gasteiger partial charge in [0.25, 0.3) is 0 Å². The van der Waals surface area contributed by atoms with E-state index in [0.29, 0.717) is 0 Å². The molecule has 0 amide bonds. The predicted octanol–water partition coefficient (Wildman–Crippen LogP) is 11.7. The number of benzene rings is 7. The Morgan fingerprint density at radius 3 is 1.10 bits per heavy atom. The lowest BCUT2D eigenvalue weighted by Crippen LogP contribution is -2.21. The molecule has 0 saturated carbocycles. The molecule has 0 spiro atoms. The summed E-state index contributed by atoms with van der Waals surface area (Å²) in [7, 11) is 0. The highest BCUT2D eigenvalue weighted by molar-refractivity contribution is 6.12. The molecule has 0 atom stereocenters. The molecule has 4 nitrogen and oxygen atoms in total. The van der Waals surface area contributed by atoms with Crippen LogP contribution in [0.15, 0.2) is 158 Å². The highest BCUT2D eigenvalue weighted by Crippen LogP contribution is 2.44. The molecular formula is C48H40N2O2. The number of para-hydroxylation sites is 4. The van der Waals surface area contributed by atoms with Gasteiger partial charge in [-0.05, 0) is 134 Å². The van der Waals surface area contributed by atoms with Crippen molar-refractivity contribution in [3.63, 3.8) is 0 Å². The summed E-state index contributed by atoms with van der Waals surface area (Å²) >= 11 is 0. The Labute approximate surface area is 303 Å². The Balaban J connectivity index is 1.28. The Morgan fingerprint density at radius 2 is 0.712 bits per heavy atom. The first-order valence-electron chi connectivity index (χ1n) is 17.9. The van der Waals surface area contributed by atoms with E-state index in [4.69, 9.17) is 0 Å². The monoisotopic (exact) mass is 676 g/mol. The Bertz CT molecular complexity index is 2600. The second-order valence-electron chi connectivity index (χ2n) is 14.9. The zero-order valence-electron chi connectivity index (χ0n) is 29.8. The van der Waals surface area contributed by atoms with Crippen LogP contribution in [0.4, 0.5) is 0 Å². The van der Waals surface area contributed by atoms with Crippen LogP contribution in [-0.4, -0.2) is 19.3 Å². The summed E-state index contributed by atoms with van der Waals surface area (Å²) in [4.78, 5) is 0. The molecule has 0 fully saturated rings. The van der Waals surface area contributed by atoms with Crippen LogP contribution >= 0.6 is 0 Å². The minimum Gasteiger partial charge on any atom is -0.386 e. The van der Waals surface area contributed by atoms with E-state index in [1.165, 1.54) is 0 Å². The maximum atomic E-state index is 11.8. The van der Waals surface area contributed by atoms with Gasteiger partial charge in [-0.15, -0.1) is 0 Å². The van der Waals surface area contributed by atoms with Crippen molar-refractivity contribution in [2.24, 2.45) is 0 Å². The molecule has 2 heterocycles. The average Bonchev–Trinajstić information content (AvgIpc) is 3.66. The van der Waals surface area contributed by atoms with Gasteiger partial charge in [-0.2, -0.15) is 0 Å².